The lowest BCUT2D eigenvalue weighted by Gasteiger charge is -2.31. The molecule has 0 saturated carbocycles. The van der Waals surface area contributed by atoms with Gasteiger partial charge in [0.15, 0.2) is 0 Å². The van der Waals surface area contributed by atoms with Crippen molar-refractivity contribution in [3.8, 4) is 0 Å². The van der Waals surface area contributed by atoms with Crippen LogP contribution in [0, 0.1) is 0 Å². The summed E-state index contributed by atoms with van der Waals surface area (Å²) in [5.41, 5.74) is 1.27. The zero-order valence-corrected chi connectivity index (χ0v) is 15.4. The van der Waals surface area contributed by atoms with Crippen molar-refractivity contribution in [3.63, 3.8) is 0 Å². The molecule has 0 bridgehead atoms. The molecule has 2 amide bonds. The maximum absolute atomic E-state index is 12.8. The number of fused-ring (bicyclic) bond motifs is 1. The molecule has 1 aliphatic heterocycles. The van der Waals surface area contributed by atoms with Gasteiger partial charge >= 0.3 is 0 Å². The van der Waals surface area contributed by atoms with Crippen LogP contribution in [0.2, 0.25) is 0 Å². The van der Waals surface area contributed by atoms with Crippen molar-refractivity contribution in [2.75, 3.05) is 12.9 Å². The highest BCUT2D eigenvalue weighted by molar-refractivity contribution is 7.86. The number of benzene rings is 2. The van der Waals surface area contributed by atoms with Crippen LogP contribution in [0.3, 0.4) is 0 Å². The molecule has 27 heavy (non-hydrogen) atoms. The van der Waals surface area contributed by atoms with Gasteiger partial charge in [0.2, 0.25) is 0 Å². The number of aliphatic hydroxyl groups excluding tert-OH is 1. The quantitative estimate of drug-likeness (QED) is 0.565. The second-order valence-corrected chi connectivity index (χ2v) is 7.91. The Kier molecular flexibility index (Phi) is 5.41. The van der Waals surface area contributed by atoms with Crippen LogP contribution in [0.1, 0.15) is 26.3 Å². The second kappa shape index (κ2) is 7.59. The minimum Gasteiger partial charge on any atom is -0.394 e. The number of carbonyl (C=O) groups excluding carboxylic acids is 2. The van der Waals surface area contributed by atoms with E-state index in [0.717, 1.165) is 16.7 Å². The first-order valence-electron chi connectivity index (χ1n) is 8.32. The van der Waals surface area contributed by atoms with Crippen LogP contribution >= 0.6 is 0 Å². The number of amides is 2. The number of imide groups is 1. The van der Waals surface area contributed by atoms with E-state index in [9.17, 15) is 23.1 Å². The first-order valence-corrected chi connectivity index (χ1v) is 10.1. The van der Waals surface area contributed by atoms with Gasteiger partial charge in [0.1, 0.15) is 6.10 Å². The van der Waals surface area contributed by atoms with E-state index in [2.05, 4.69) is 0 Å². The van der Waals surface area contributed by atoms with Gasteiger partial charge in [-0.05, 0) is 24.1 Å². The van der Waals surface area contributed by atoms with E-state index in [4.69, 9.17) is 4.18 Å². The van der Waals surface area contributed by atoms with Crippen molar-refractivity contribution < 1.29 is 27.3 Å². The van der Waals surface area contributed by atoms with E-state index in [-0.39, 0.29) is 17.5 Å². The van der Waals surface area contributed by atoms with Crippen molar-refractivity contribution in [1.29, 1.82) is 0 Å². The topological polar surface area (TPSA) is 101 Å². The fourth-order valence-electron chi connectivity index (χ4n) is 3.19. The summed E-state index contributed by atoms with van der Waals surface area (Å²) in [5, 5.41) is 9.75. The molecule has 142 valence electrons. The summed E-state index contributed by atoms with van der Waals surface area (Å²) in [5.74, 6) is -1.07. The molecule has 1 heterocycles. The molecular weight excluding hydrogens is 370 g/mol. The summed E-state index contributed by atoms with van der Waals surface area (Å²) in [4.78, 5) is 26.7. The summed E-state index contributed by atoms with van der Waals surface area (Å²) in [6.07, 6.45) is -0.271. The highest BCUT2D eigenvalue weighted by Gasteiger charge is 2.43. The third kappa shape index (κ3) is 4.08. The van der Waals surface area contributed by atoms with Crippen LogP contribution in [0.5, 0.6) is 0 Å². The molecule has 2 aromatic carbocycles. The van der Waals surface area contributed by atoms with Gasteiger partial charge in [0.25, 0.3) is 21.9 Å². The average molecular weight is 389 g/mol. The molecule has 2 atom stereocenters. The highest BCUT2D eigenvalue weighted by Crippen LogP contribution is 2.28. The predicted octanol–water partition coefficient (Wildman–Crippen LogP) is 1.23. The lowest BCUT2D eigenvalue weighted by Crippen LogP contribution is -2.51. The van der Waals surface area contributed by atoms with Gasteiger partial charge < -0.3 is 5.11 Å². The summed E-state index contributed by atoms with van der Waals surface area (Å²) in [6.45, 7) is -0.669. The Morgan fingerprint density at radius 3 is 1.96 bits per heavy atom. The number of aliphatic hydroxyl groups is 1. The molecule has 8 heteroatoms. The van der Waals surface area contributed by atoms with E-state index < -0.39 is 40.7 Å². The zero-order valence-electron chi connectivity index (χ0n) is 14.6. The zero-order chi connectivity index (χ0) is 19.6. The second-order valence-electron chi connectivity index (χ2n) is 6.30. The van der Waals surface area contributed by atoms with Crippen molar-refractivity contribution in [2.45, 2.75) is 18.6 Å². The fourth-order valence-corrected chi connectivity index (χ4v) is 3.83. The van der Waals surface area contributed by atoms with Gasteiger partial charge in [-0.3, -0.25) is 18.7 Å². The Morgan fingerprint density at radius 1 is 0.963 bits per heavy atom. The summed E-state index contributed by atoms with van der Waals surface area (Å²) < 4.78 is 28.3. The van der Waals surface area contributed by atoms with E-state index in [1.807, 2.05) is 6.07 Å². The van der Waals surface area contributed by atoms with Gasteiger partial charge in [-0.25, -0.2) is 0 Å². The summed E-state index contributed by atoms with van der Waals surface area (Å²) >= 11 is 0. The third-order valence-electron chi connectivity index (χ3n) is 4.35. The minimum absolute atomic E-state index is 0.146. The van der Waals surface area contributed by atoms with Crippen LogP contribution in [-0.2, 0) is 20.7 Å². The number of hydrogen-bond acceptors (Lipinski definition) is 6. The lowest BCUT2D eigenvalue weighted by atomic mass is 10.00. The van der Waals surface area contributed by atoms with Crippen molar-refractivity contribution in [3.05, 3.63) is 71.3 Å². The molecule has 7 nitrogen and oxygen atoms in total. The monoisotopic (exact) mass is 389 g/mol. The van der Waals surface area contributed by atoms with Crippen LogP contribution in [0.4, 0.5) is 0 Å². The van der Waals surface area contributed by atoms with Crippen LogP contribution in [-0.4, -0.2) is 55.2 Å². The average Bonchev–Trinajstić information content (AvgIpc) is 2.89. The van der Waals surface area contributed by atoms with Gasteiger partial charge in [-0.1, -0.05) is 42.5 Å². The Labute approximate surface area is 157 Å². The summed E-state index contributed by atoms with van der Waals surface area (Å²) in [6, 6.07) is 14.4. The number of carbonyl (C=O) groups is 2. The Bertz CT molecular complexity index is 922. The Hall–Kier alpha value is -2.55. The maximum Gasteiger partial charge on any atom is 0.264 e. The maximum atomic E-state index is 12.8. The lowest BCUT2D eigenvalue weighted by molar-refractivity contribution is 0.0269. The first-order chi connectivity index (χ1) is 12.8. The van der Waals surface area contributed by atoms with Crippen molar-refractivity contribution >= 4 is 21.9 Å². The largest absolute Gasteiger partial charge is 0.394 e. The van der Waals surface area contributed by atoms with E-state index in [1.54, 1.807) is 48.5 Å². The van der Waals surface area contributed by atoms with E-state index in [0.29, 0.717) is 0 Å². The van der Waals surface area contributed by atoms with Crippen molar-refractivity contribution in [2.24, 2.45) is 0 Å². The smallest absolute Gasteiger partial charge is 0.264 e. The molecule has 0 aromatic heterocycles. The number of nitrogens with zero attached hydrogens (tertiary/aromatic N) is 1. The molecule has 0 radical (unpaired) electrons. The highest BCUT2D eigenvalue weighted by atomic mass is 32.2. The SMILES string of the molecule is CS(=O)(=O)O[C@H](CO)[C@H](Cc1ccccc1)N1C(=O)c2ccccc2C1=O. The molecule has 3 rings (SSSR count). The molecule has 0 saturated heterocycles. The van der Waals surface area contributed by atoms with Gasteiger partial charge in [0.05, 0.1) is 30.0 Å². The van der Waals surface area contributed by atoms with Gasteiger partial charge in [-0.15, -0.1) is 0 Å². The Morgan fingerprint density at radius 2 is 1.48 bits per heavy atom. The first kappa shape index (κ1) is 19.2. The fraction of sp³-hybridized carbons (Fsp3) is 0.263. The minimum atomic E-state index is -3.91. The summed E-state index contributed by atoms with van der Waals surface area (Å²) in [7, 11) is -3.91. The van der Waals surface area contributed by atoms with E-state index >= 15 is 0 Å². The van der Waals surface area contributed by atoms with Crippen LogP contribution in [0.25, 0.3) is 0 Å². The Balaban J connectivity index is 2.02. The molecule has 1 N–H and O–H groups in total. The molecule has 2 aromatic rings. The number of rotatable bonds is 7. The van der Waals surface area contributed by atoms with E-state index in [1.165, 1.54) is 0 Å². The molecule has 1 aliphatic rings. The van der Waals surface area contributed by atoms with Gasteiger partial charge in [0, 0.05) is 0 Å². The molecular formula is C19H19NO6S. The van der Waals surface area contributed by atoms with Crippen LogP contribution in [0.15, 0.2) is 54.6 Å². The predicted molar refractivity (Wildman–Crippen MR) is 97.7 cm³/mol. The normalized spacial score (nSPS) is 16.3. The standard InChI is InChI=1S/C19H19NO6S/c1-27(24,25)26-17(12-21)16(11-13-7-3-2-4-8-13)20-18(22)14-9-5-6-10-15(14)19(20)23/h2-10,16-17,21H,11-12H2,1H3/t16-,17+/m0/s1. The molecule has 0 aliphatic carbocycles. The molecule has 0 fully saturated rings. The molecule has 0 unspecified atom stereocenters. The van der Waals surface area contributed by atoms with Crippen molar-refractivity contribution in [1.82, 2.24) is 4.90 Å². The van der Waals surface area contributed by atoms with Crippen LogP contribution < -0.4 is 0 Å². The molecule has 0 spiro atoms. The number of hydrogen-bond donors (Lipinski definition) is 1. The third-order valence-corrected chi connectivity index (χ3v) is 4.95. The van der Waals surface area contributed by atoms with Gasteiger partial charge in [-0.2, -0.15) is 8.42 Å².